The van der Waals surface area contributed by atoms with Gasteiger partial charge in [-0.2, -0.15) is 5.10 Å². The molecular weight excluding hydrogens is 363 g/mol. The molecule has 0 bridgehead atoms. The molecule has 0 spiro atoms. The summed E-state index contributed by atoms with van der Waals surface area (Å²) in [5.74, 6) is 0. The minimum Gasteiger partial charge on any atom is -0.388 e. The maximum absolute atomic E-state index is 10.2. The second kappa shape index (κ2) is 6.04. The summed E-state index contributed by atoms with van der Waals surface area (Å²) in [6, 6.07) is 5.64. The Morgan fingerprint density at radius 3 is 2.89 bits per heavy atom. The average molecular weight is 377 g/mol. The van der Waals surface area contributed by atoms with Crippen molar-refractivity contribution in [3.8, 4) is 0 Å². The minimum atomic E-state index is -0.547. The Balaban J connectivity index is 2.11. The third-order valence-electron chi connectivity index (χ3n) is 2.77. The first-order chi connectivity index (χ1) is 8.60. The lowest BCUT2D eigenvalue weighted by atomic mass is 10.0. The van der Waals surface area contributed by atoms with E-state index >= 15 is 0 Å². The van der Waals surface area contributed by atoms with Gasteiger partial charge in [-0.05, 0) is 52.8 Å². The predicted molar refractivity (Wildman–Crippen MR) is 80.7 cm³/mol. The Labute approximate surface area is 125 Å². The van der Waals surface area contributed by atoms with Crippen molar-refractivity contribution in [1.29, 1.82) is 0 Å². The summed E-state index contributed by atoms with van der Waals surface area (Å²) in [6.45, 7) is 2.87. The van der Waals surface area contributed by atoms with Gasteiger partial charge < -0.3 is 5.11 Å². The van der Waals surface area contributed by atoms with Crippen LogP contribution in [0.1, 0.15) is 24.2 Å². The Morgan fingerprint density at radius 1 is 1.50 bits per heavy atom. The zero-order chi connectivity index (χ0) is 13.1. The van der Waals surface area contributed by atoms with Gasteiger partial charge in [-0.25, -0.2) is 0 Å². The van der Waals surface area contributed by atoms with Gasteiger partial charge in [0.05, 0.1) is 17.3 Å². The lowest BCUT2D eigenvalue weighted by molar-refractivity contribution is 0.178. The summed E-state index contributed by atoms with van der Waals surface area (Å²) in [7, 11) is 0. The zero-order valence-corrected chi connectivity index (χ0v) is 12.9. The van der Waals surface area contributed by atoms with Gasteiger partial charge in [-0.15, -0.1) is 0 Å². The van der Waals surface area contributed by atoms with E-state index in [1.807, 2.05) is 36.0 Å². The first-order valence-electron chi connectivity index (χ1n) is 5.74. The van der Waals surface area contributed by atoms with Crippen LogP contribution < -0.4 is 0 Å². The van der Waals surface area contributed by atoms with Gasteiger partial charge in [-0.1, -0.05) is 17.7 Å². The lowest BCUT2D eigenvalue weighted by Gasteiger charge is -2.10. The van der Waals surface area contributed by atoms with Crippen molar-refractivity contribution in [2.45, 2.75) is 26.0 Å². The SMILES string of the molecule is CCn1cc(CC(O)c2ccc(I)c(Cl)c2)cn1. The summed E-state index contributed by atoms with van der Waals surface area (Å²) < 4.78 is 2.84. The summed E-state index contributed by atoms with van der Waals surface area (Å²) in [5, 5.41) is 15.0. The molecule has 0 saturated heterocycles. The van der Waals surface area contributed by atoms with Crippen LogP contribution in [-0.2, 0) is 13.0 Å². The molecule has 2 rings (SSSR count). The predicted octanol–water partition coefficient (Wildman–Crippen LogP) is 3.44. The van der Waals surface area contributed by atoms with Crippen LogP contribution >= 0.6 is 34.2 Å². The van der Waals surface area contributed by atoms with E-state index in [-0.39, 0.29) is 0 Å². The second-order valence-corrected chi connectivity index (χ2v) is 5.67. The molecule has 96 valence electrons. The summed E-state index contributed by atoms with van der Waals surface area (Å²) in [5.41, 5.74) is 1.86. The van der Waals surface area contributed by atoms with Crippen LogP contribution in [0.2, 0.25) is 5.02 Å². The van der Waals surface area contributed by atoms with E-state index in [0.717, 1.165) is 21.2 Å². The summed E-state index contributed by atoms with van der Waals surface area (Å²) in [4.78, 5) is 0. The van der Waals surface area contributed by atoms with E-state index in [2.05, 4.69) is 27.7 Å². The molecule has 0 aliphatic carbocycles. The number of rotatable bonds is 4. The second-order valence-electron chi connectivity index (χ2n) is 4.10. The fraction of sp³-hybridized carbons (Fsp3) is 0.308. The van der Waals surface area contributed by atoms with Crippen LogP contribution in [0.25, 0.3) is 0 Å². The first-order valence-corrected chi connectivity index (χ1v) is 7.20. The highest BCUT2D eigenvalue weighted by Crippen LogP contribution is 2.25. The standard InChI is InChI=1S/C13H14ClIN2O/c1-2-17-8-9(7-16-17)5-13(18)10-3-4-12(15)11(14)6-10/h3-4,6-8,13,18H,2,5H2,1H3. The van der Waals surface area contributed by atoms with Gasteiger partial charge >= 0.3 is 0 Å². The fourth-order valence-corrected chi connectivity index (χ4v) is 2.27. The van der Waals surface area contributed by atoms with Crippen molar-refractivity contribution in [2.24, 2.45) is 0 Å². The monoisotopic (exact) mass is 376 g/mol. The van der Waals surface area contributed by atoms with Gasteiger partial charge in [0, 0.05) is 22.7 Å². The molecule has 18 heavy (non-hydrogen) atoms. The molecule has 1 aromatic carbocycles. The Bertz CT molecular complexity index is 542. The van der Waals surface area contributed by atoms with Crippen LogP contribution in [0.4, 0.5) is 0 Å². The molecule has 0 aliphatic rings. The van der Waals surface area contributed by atoms with Crippen molar-refractivity contribution in [2.75, 3.05) is 0 Å². The number of hydrogen-bond donors (Lipinski definition) is 1. The Morgan fingerprint density at radius 2 is 2.28 bits per heavy atom. The van der Waals surface area contributed by atoms with Gasteiger partial charge in [0.25, 0.3) is 0 Å². The Kier molecular flexibility index (Phi) is 4.64. The number of aliphatic hydroxyl groups is 1. The quantitative estimate of drug-likeness (QED) is 0.830. The largest absolute Gasteiger partial charge is 0.388 e. The van der Waals surface area contributed by atoms with Gasteiger partial charge in [0.1, 0.15) is 0 Å². The van der Waals surface area contributed by atoms with E-state index in [1.165, 1.54) is 0 Å². The van der Waals surface area contributed by atoms with Crippen molar-refractivity contribution in [3.63, 3.8) is 0 Å². The fourth-order valence-electron chi connectivity index (χ4n) is 1.75. The first kappa shape index (κ1) is 13.8. The third kappa shape index (κ3) is 3.24. The molecule has 0 saturated carbocycles. The highest BCUT2D eigenvalue weighted by Gasteiger charge is 2.11. The molecule has 5 heteroatoms. The molecule has 3 nitrogen and oxygen atoms in total. The number of halogens is 2. The smallest absolute Gasteiger partial charge is 0.0832 e. The number of aryl methyl sites for hydroxylation is 1. The molecule has 1 N–H and O–H groups in total. The lowest BCUT2D eigenvalue weighted by Crippen LogP contribution is -2.01. The third-order valence-corrected chi connectivity index (χ3v) is 4.34. The van der Waals surface area contributed by atoms with Crippen LogP contribution in [-0.4, -0.2) is 14.9 Å². The van der Waals surface area contributed by atoms with Crippen LogP contribution in [0.5, 0.6) is 0 Å². The van der Waals surface area contributed by atoms with E-state index in [1.54, 1.807) is 6.20 Å². The van der Waals surface area contributed by atoms with Crippen molar-refractivity contribution in [1.82, 2.24) is 9.78 Å². The molecule has 1 atom stereocenters. The van der Waals surface area contributed by atoms with E-state index in [0.29, 0.717) is 11.4 Å². The molecule has 2 aromatic rings. The number of nitrogens with zero attached hydrogens (tertiary/aromatic N) is 2. The van der Waals surface area contributed by atoms with Crippen LogP contribution in [0, 0.1) is 3.57 Å². The number of aliphatic hydroxyl groups excluding tert-OH is 1. The van der Waals surface area contributed by atoms with Crippen LogP contribution in [0.15, 0.2) is 30.6 Å². The van der Waals surface area contributed by atoms with Crippen molar-refractivity contribution >= 4 is 34.2 Å². The maximum Gasteiger partial charge on any atom is 0.0832 e. The molecular formula is C13H14ClIN2O. The van der Waals surface area contributed by atoms with Gasteiger partial charge in [0.2, 0.25) is 0 Å². The van der Waals surface area contributed by atoms with Gasteiger partial charge in [-0.3, -0.25) is 4.68 Å². The molecule has 1 unspecified atom stereocenters. The van der Waals surface area contributed by atoms with E-state index in [4.69, 9.17) is 11.6 Å². The Hall–Kier alpha value is -0.590. The topological polar surface area (TPSA) is 38.0 Å². The molecule has 0 radical (unpaired) electrons. The number of aromatic nitrogens is 2. The minimum absolute atomic E-state index is 0.547. The van der Waals surface area contributed by atoms with Crippen LogP contribution in [0.3, 0.4) is 0 Å². The number of hydrogen-bond acceptors (Lipinski definition) is 2. The zero-order valence-electron chi connectivity index (χ0n) is 9.98. The molecule has 1 aromatic heterocycles. The normalized spacial score (nSPS) is 12.7. The van der Waals surface area contributed by atoms with E-state index < -0.39 is 6.10 Å². The summed E-state index contributed by atoms with van der Waals surface area (Å²) in [6.07, 6.45) is 3.75. The highest BCUT2D eigenvalue weighted by atomic mass is 127. The van der Waals surface area contributed by atoms with Crippen molar-refractivity contribution in [3.05, 3.63) is 50.3 Å². The number of benzene rings is 1. The van der Waals surface area contributed by atoms with E-state index in [9.17, 15) is 5.11 Å². The molecule has 0 aliphatic heterocycles. The highest BCUT2D eigenvalue weighted by molar-refractivity contribution is 14.1. The molecule has 0 amide bonds. The summed E-state index contributed by atoms with van der Waals surface area (Å²) >= 11 is 8.22. The average Bonchev–Trinajstić information content (AvgIpc) is 2.80. The molecule has 1 heterocycles. The van der Waals surface area contributed by atoms with Gasteiger partial charge in [0.15, 0.2) is 0 Å². The molecule has 0 fully saturated rings. The van der Waals surface area contributed by atoms with Crippen molar-refractivity contribution < 1.29 is 5.11 Å². The maximum atomic E-state index is 10.2.